The molecular formula is C38H34O2P2S. The first kappa shape index (κ1) is 29.3. The Kier molecular flexibility index (Phi) is 8.51. The minimum atomic E-state index is -3.11. The van der Waals surface area contributed by atoms with E-state index in [4.69, 9.17) is 0 Å². The Hall–Kier alpha value is -3.74. The molecule has 5 heteroatoms. The molecule has 1 aromatic heterocycles. The van der Waals surface area contributed by atoms with Crippen LogP contribution in [0.5, 0.6) is 0 Å². The van der Waals surface area contributed by atoms with E-state index in [9.17, 15) is 0 Å². The maximum absolute atomic E-state index is 15.1. The van der Waals surface area contributed by atoms with Crippen LogP contribution in [0.4, 0.5) is 0 Å². The predicted molar refractivity (Wildman–Crippen MR) is 190 cm³/mol. The van der Waals surface area contributed by atoms with E-state index < -0.39 is 14.3 Å². The summed E-state index contributed by atoms with van der Waals surface area (Å²) in [4.78, 5) is 1.12. The van der Waals surface area contributed by atoms with E-state index in [1.807, 2.05) is 116 Å². The minimum absolute atomic E-state index is 0.292. The second-order valence-electron chi connectivity index (χ2n) is 10.6. The highest BCUT2D eigenvalue weighted by Crippen LogP contribution is 2.59. The first-order valence-corrected chi connectivity index (χ1v) is 18.9. The fourth-order valence-corrected chi connectivity index (χ4v) is 12.5. The highest BCUT2D eigenvalue weighted by Gasteiger charge is 2.35. The zero-order chi connectivity index (χ0) is 29.9. The van der Waals surface area contributed by atoms with Crippen molar-refractivity contribution in [1.29, 1.82) is 0 Å². The Balaban J connectivity index is 1.48. The third kappa shape index (κ3) is 5.32. The van der Waals surface area contributed by atoms with Crippen molar-refractivity contribution in [2.75, 3.05) is 0 Å². The summed E-state index contributed by atoms with van der Waals surface area (Å²) in [5.74, 6) is 0. The van der Waals surface area contributed by atoms with Crippen LogP contribution < -0.4 is 21.2 Å². The van der Waals surface area contributed by atoms with Gasteiger partial charge in [0.1, 0.15) is 0 Å². The van der Waals surface area contributed by atoms with Crippen LogP contribution in [0.25, 0.3) is 22.2 Å². The molecule has 0 bridgehead atoms. The average Bonchev–Trinajstić information content (AvgIpc) is 3.27. The topological polar surface area (TPSA) is 34.1 Å². The second-order valence-corrected chi connectivity index (χ2v) is 17.4. The number of fused-ring (bicyclic) bond motifs is 3. The molecular weight excluding hydrogens is 582 g/mol. The Labute approximate surface area is 258 Å². The van der Waals surface area contributed by atoms with Gasteiger partial charge in [0.2, 0.25) is 0 Å². The van der Waals surface area contributed by atoms with Crippen molar-refractivity contribution in [3.63, 3.8) is 0 Å². The molecule has 0 aliphatic heterocycles. The van der Waals surface area contributed by atoms with Gasteiger partial charge < -0.3 is 9.13 Å². The molecule has 0 amide bonds. The third-order valence-electron chi connectivity index (χ3n) is 8.01. The average molecular weight is 617 g/mol. The monoisotopic (exact) mass is 616 g/mol. The van der Waals surface area contributed by atoms with Crippen LogP contribution in [-0.4, -0.2) is 5.66 Å². The van der Waals surface area contributed by atoms with E-state index >= 15 is 9.13 Å². The molecule has 1 heterocycles. The maximum Gasteiger partial charge on any atom is 0.171 e. The van der Waals surface area contributed by atoms with E-state index in [2.05, 4.69) is 49.4 Å². The molecule has 2 nitrogen and oxygen atoms in total. The number of benzene rings is 4. The van der Waals surface area contributed by atoms with E-state index in [1.165, 1.54) is 0 Å². The van der Waals surface area contributed by atoms with Crippen LogP contribution in [0, 0.1) is 0 Å². The molecule has 0 radical (unpaired) electrons. The smallest absolute Gasteiger partial charge is 0.171 e. The third-order valence-corrected chi connectivity index (χ3v) is 15.6. The van der Waals surface area contributed by atoms with Gasteiger partial charge in [0.25, 0.3) is 0 Å². The Morgan fingerprint density at radius 2 is 1.33 bits per heavy atom. The molecule has 6 rings (SSSR count). The summed E-state index contributed by atoms with van der Waals surface area (Å²) in [5.41, 5.74) is 0.791. The highest BCUT2D eigenvalue weighted by molar-refractivity contribution is 7.85. The summed E-state index contributed by atoms with van der Waals surface area (Å²) in [5, 5.41) is 5.24. The summed E-state index contributed by atoms with van der Waals surface area (Å²) in [6.07, 6.45) is 15.5. The lowest BCUT2D eigenvalue weighted by Gasteiger charge is -2.25. The summed E-state index contributed by atoms with van der Waals surface area (Å²) in [7, 11) is -6.14. The molecule has 2 unspecified atom stereocenters. The van der Waals surface area contributed by atoms with Crippen molar-refractivity contribution >= 4 is 69.1 Å². The van der Waals surface area contributed by atoms with Gasteiger partial charge in [-0.05, 0) is 37.6 Å². The lowest BCUT2D eigenvalue weighted by molar-refractivity contribution is 0.584. The standard InChI is InChI=1S/C38H34O2P2S/c1-3-5-15-29(4-2)41(39,30-16-9-6-10-17-30)33-22-25-35-36-28-34(24-27-38(36)43-37(35)26-23-33)42(40,31-18-11-7-12-19-31)32-20-13-8-14-21-32/h4-28,33H,3H2,1-2H3/b15-5-,29-4+. The quantitative estimate of drug-likeness (QED) is 0.129. The fourth-order valence-electron chi connectivity index (χ4n) is 5.81. The minimum Gasteiger partial charge on any atom is -0.313 e. The Morgan fingerprint density at radius 1 is 0.744 bits per heavy atom. The van der Waals surface area contributed by atoms with Gasteiger partial charge in [-0.25, -0.2) is 0 Å². The van der Waals surface area contributed by atoms with Crippen molar-refractivity contribution in [3.8, 4) is 0 Å². The Morgan fingerprint density at radius 3 is 1.91 bits per heavy atom. The molecule has 0 spiro atoms. The molecule has 43 heavy (non-hydrogen) atoms. The molecule has 0 N–H and O–H groups in total. The molecule has 4 aromatic carbocycles. The van der Waals surface area contributed by atoms with Crippen molar-refractivity contribution in [2.24, 2.45) is 0 Å². The number of hydrogen-bond donors (Lipinski definition) is 0. The van der Waals surface area contributed by atoms with E-state index in [-0.39, 0.29) is 5.66 Å². The molecule has 0 saturated carbocycles. The van der Waals surface area contributed by atoms with Gasteiger partial charge in [0.05, 0.1) is 5.66 Å². The van der Waals surface area contributed by atoms with Gasteiger partial charge in [-0.15, -0.1) is 11.3 Å². The van der Waals surface area contributed by atoms with Gasteiger partial charge in [0.15, 0.2) is 14.3 Å². The second kappa shape index (κ2) is 12.5. The summed E-state index contributed by atoms with van der Waals surface area (Å²) < 4.78 is 31.4. The van der Waals surface area contributed by atoms with Gasteiger partial charge in [-0.1, -0.05) is 134 Å². The van der Waals surface area contributed by atoms with E-state index in [1.54, 1.807) is 11.3 Å². The molecule has 5 aromatic rings. The van der Waals surface area contributed by atoms with Crippen LogP contribution >= 0.6 is 25.6 Å². The van der Waals surface area contributed by atoms with Crippen molar-refractivity contribution in [2.45, 2.75) is 25.9 Å². The fraction of sp³-hybridized carbons (Fsp3) is 0.105. The zero-order valence-corrected chi connectivity index (χ0v) is 26.9. The van der Waals surface area contributed by atoms with Crippen LogP contribution in [-0.2, 0) is 9.13 Å². The highest BCUT2D eigenvalue weighted by atomic mass is 32.1. The van der Waals surface area contributed by atoms with Crippen LogP contribution in [0.3, 0.4) is 0 Å². The largest absolute Gasteiger partial charge is 0.313 e. The molecule has 1 aliphatic rings. The first-order chi connectivity index (χ1) is 21.0. The van der Waals surface area contributed by atoms with E-state index in [0.717, 1.165) is 53.5 Å². The van der Waals surface area contributed by atoms with Crippen molar-refractivity contribution in [3.05, 3.63) is 155 Å². The summed E-state index contributed by atoms with van der Waals surface area (Å²) >= 11 is 1.71. The predicted octanol–water partition coefficient (Wildman–Crippen LogP) is 9.51. The maximum atomic E-state index is 15.1. The molecule has 1 aliphatic carbocycles. The molecule has 214 valence electrons. The van der Waals surface area contributed by atoms with Crippen LogP contribution in [0.2, 0.25) is 0 Å². The summed E-state index contributed by atoms with van der Waals surface area (Å²) in [6, 6.07) is 35.7. The van der Waals surface area contributed by atoms with Crippen LogP contribution in [0.1, 0.15) is 30.7 Å². The number of thiophene rings is 1. The zero-order valence-electron chi connectivity index (χ0n) is 24.3. The SMILES string of the molecule is C/C=C(\C=C/CC)P(=O)(c1ccccc1)C1C=Cc2sc3ccc(P(=O)(c4ccccc4)c4ccccc4)cc3c2C=C1. The molecule has 0 saturated heterocycles. The first-order valence-electron chi connectivity index (χ1n) is 14.6. The lowest BCUT2D eigenvalue weighted by Crippen LogP contribution is -2.24. The normalized spacial score (nSPS) is 16.7. The number of hydrogen-bond acceptors (Lipinski definition) is 3. The van der Waals surface area contributed by atoms with Crippen molar-refractivity contribution in [1.82, 2.24) is 0 Å². The molecule has 0 fully saturated rings. The van der Waals surface area contributed by atoms with Crippen molar-refractivity contribution < 1.29 is 9.13 Å². The van der Waals surface area contributed by atoms with E-state index in [0.29, 0.717) is 0 Å². The van der Waals surface area contributed by atoms with Gasteiger partial charge in [-0.2, -0.15) is 0 Å². The van der Waals surface area contributed by atoms with Gasteiger partial charge >= 0.3 is 0 Å². The number of allylic oxidation sites excluding steroid dienone is 6. The lowest BCUT2D eigenvalue weighted by atomic mass is 10.1. The number of rotatable bonds is 8. The summed E-state index contributed by atoms with van der Waals surface area (Å²) in [6.45, 7) is 4.06. The van der Waals surface area contributed by atoms with Gasteiger partial charge in [-0.3, -0.25) is 0 Å². The Bertz CT molecular complexity index is 1920. The molecule has 2 atom stereocenters. The van der Waals surface area contributed by atoms with Crippen LogP contribution in [0.15, 0.2) is 145 Å². The van der Waals surface area contributed by atoms with Gasteiger partial charge in [0, 0.05) is 47.1 Å².